The molecular formula is C15H13ClFNO3. The summed E-state index contributed by atoms with van der Waals surface area (Å²) < 4.78 is 30.1. The molecular weight excluding hydrogens is 297 g/mol. The number of nitrogens with two attached hydrogens (primary N) is 1. The number of anilines is 1. The summed E-state index contributed by atoms with van der Waals surface area (Å²) in [5.74, 6) is 0.712. The Hall–Kier alpha value is -2.14. The van der Waals surface area contributed by atoms with Gasteiger partial charge in [0.2, 0.25) is 0 Å². The lowest BCUT2D eigenvalue weighted by atomic mass is 10.1. The predicted octanol–water partition coefficient (Wildman–Crippen LogP) is 3.41. The van der Waals surface area contributed by atoms with E-state index in [-0.39, 0.29) is 17.4 Å². The molecule has 1 heterocycles. The molecule has 0 aromatic heterocycles. The summed E-state index contributed by atoms with van der Waals surface area (Å²) in [7, 11) is 0. The molecule has 110 valence electrons. The Bertz CT molecular complexity index is 678. The Kier molecular flexibility index (Phi) is 3.75. The average molecular weight is 310 g/mol. The van der Waals surface area contributed by atoms with Gasteiger partial charge < -0.3 is 19.9 Å². The van der Waals surface area contributed by atoms with Gasteiger partial charge in [-0.3, -0.25) is 0 Å². The van der Waals surface area contributed by atoms with Gasteiger partial charge in [-0.05, 0) is 18.2 Å². The molecule has 3 rings (SSSR count). The quantitative estimate of drug-likeness (QED) is 0.883. The maximum atomic E-state index is 13.7. The zero-order chi connectivity index (χ0) is 14.8. The molecule has 0 saturated heterocycles. The molecule has 0 fully saturated rings. The van der Waals surface area contributed by atoms with Crippen LogP contribution in [-0.2, 0) is 6.61 Å². The summed E-state index contributed by atoms with van der Waals surface area (Å²) in [6.07, 6.45) is 0. The number of fused-ring (bicyclic) bond motifs is 1. The molecule has 21 heavy (non-hydrogen) atoms. The molecule has 0 unspecified atom stereocenters. The molecule has 0 atom stereocenters. The van der Waals surface area contributed by atoms with Crippen molar-refractivity contribution in [1.82, 2.24) is 0 Å². The molecule has 1 aliphatic rings. The van der Waals surface area contributed by atoms with E-state index in [0.29, 0.717) is 36.0 Å². The van der Waals surface area contributed by atoms with E-state index in [4.69, 9.17) is 31.5 Å². The number of halogens is 2. The van der Waals surface area contributed by atoms with E-state index in [1.54, 1.807) is 18.2 Å². The first-order chi connectivity index (χ1) is 10.1. The van der Waals surface area contributed by atoms with Gasteiger partial charge in [-0.15, -0.1) is 0 Å². The molecule has 2 aromatic rings. The van der Waals surface area contributed by atoms with Crippen LogP contribution in [0.5, 0.6) is 17.2 Å². The van der Waals surface area contributed by atoms with Crippen LogP contribution in [0.15, 0.2) is 30.3 Å². The van der Waals surface area contributed by atoms with Gasteiger partial charge in [0.25, 0.3) is 0 Å². The van der Waals surface area contributed by atoms with Crippen LogP contribution in [0.25, 0.3) is 0 Å². The summed E-state index contributed by atoms with van der Waals surface area (Å²) >= 11 is 5.71. The Balaban J connectivity index is 1.80. The third-order valence-corrected chi connectivity index (χ3v) is 3.40. The topological polar surface area (TPSA) is 53.7 Å². The standard InChI is InChI=1S/C15H13ClFNO3/c16-10-2-1-3-12(15(10)17)21-8-9-6-13-14(7-11(9)18)20-5-4-19-13/h1-3,6-7H,4-5,8,18H2. The van der Waals surface area contributed by atoms with Gasteiger partial charge >= 0.3 is 0 Å². The molecule has 2 N–H and O–H groups in total. The second-order valence-corrected chi connectivity index (χ2v) is 4.94. The Morgan fingerprint density at radius 1 is 1.19 bits per heavy atom. The van der Waals surface area contributed by atoms with Crippen molar-refractivity contribution in [2.24, 2.45) is 0 Å². The lowest BCUT2D eigenvalue weighted by molar-refractivity contribution is 0.171. The van der Waals surface area contributed by atoms with E-state index in [1.165, 1.54) is 12.1 Å². The highest BCUT2D eigenvalue weighted by Gasteiger charge is 2.15. The van der Waals surface area contributed by atoms with Crippen molar-refractivity contribution in [3.63, 3.8) is 0 Å². The molecule has 0 bridgehead atoms. The molecule has 1 aliphatic heterocycles. The molecule has 0 aliphatic carbocycles. The highest BCUT2D eigenvalue weighted by molar-refractivity contribution is 6.30. The lowest BCUT2D eigenvalue weighted by Crippen LogP contribution is -2.16. The van der Waals surface area contributed by atoms with E-state index in [2.05, 4.69) is 0 Å². The molecule has 0 amide bonds. The first kappa shape index (κ1) is 13.8. The summed E-state index contributed by atoms with van der Waals surface area (Å²) in [4.78, 5) is 0. The maximum absolute atomic E-state index is 13.7. The summed E-state index contributed by atoms with van der Waals surface area (Å²) in [5, 5.41) is 0.0163. The predicted molar refractivity (Wildman–Crippen MR) is 77.6 cm³/mol. The van der Waals surface area contributed by atoms with Gasteiger partial charge in [0, 0.05) is 17.3 Å². The van der Waals surface area contributed by atoms with E-state index in [1.807, 2.05) is 0 Å². The van der Waals surface area contributed by atoms with Crippen molar-refractivity contribution in [2.45, 2.75) is 6.61 Å². The first-order valence-corrected chi connectivity index (χ1v) is 6.78. The van der Waals surface area contributed by atoms with Gasteiger partial charge in [-0.25, -0.2) is 4.39 Å². The van der Waals surface area contributed by atoms with Crippen molar-refractivity contribution < 1.29 is 18.6 Å². The van der Waals surface area contributed by atoms with Gasteiger partial charge in [-0.1, -0.05) is 17.7 Å². The zero-order valence-electron chi connectivity index (χ0n) is 11.1. The van der Waals surface area contributed by atoms with Crippen LogP contribution in [0, 0.1) is 5.82 Å². The zero-order valence-corrected chi connectivity index (χ0v) is 11.8. The Morgan fingerprint density at radius 3 is 2.67 bits per heavy atom. The number of ether oxygens (including phenoxy) is 3. The highest BCUT2D eigenvalue weighted by atomic mass is 35.5. The van der Waals surface area contributed by atoms with Crippen LogP contribution in [0.4, 0.5) is 10.1 Å². The summed E-state index contributed by atoms with van der Waals surface area (Å²) in [5.41, 5.74) is 7.14. The lowest BCUT2D eigenvalue weighted by Gasteiger charge is -2.20. The molecule has 0 saturated carbocycles. The molecule has 2 aromatic carbocycles. The second-order valence-electron chi connectivity index (χ2n) is 4.54. The van der Waals surface area contributed by atoms with E-state index >= 15 is 0 Å². The van der Waals surface area contributed by atoms with Gasteiger partial charge in [-0.2, -0.15) is 0 Å². The van der Waals surface area contributed by atoms with Crippen LogP contribution in [-0.4, -0.2) is 13.2 Å². The van der Waals surface area contributed by atoms with E-state index < -0.39 is 5.82 Å². The van der Waals surface area contributed by atoms with Crippen LogP contribution in [0.1, 0.15) is 5.56 Å². The fourth-order valence-corrected chi connectivity index (χ4v) is 2.19. The third-order valence-electron chi connectivity index (χ3n) is 3.10. The Labute approximate surface area is 126 Å². The number of nitrogen functional groups attached to an aromatic ring is 1. The minimum atomic E-state index is -0.588. The van der Waals surface area contributed by atoms with Crippen LogP contribution < -0.4 is 19.9 Å². The van der Waals surface area contributed by atoms with Crippen molar-refractivity contribution >= 4 is 17.3 Å². The minimum Gasteiger partial charge on any atom is -0.486 e. The van der Waals surface area contributed by atoms with Gasteiger partial charge in [0.05, 0.1) is 5.02 Å². The largest absolute Gasteiger partial charge is 0.486 e. The smallest absolute Gasteiger partial charge is 0.183 e. The van der Waals surface area contributed by atoms with Crippen LogP contribution >= 0.6 is 11.6 Å². The number of hydrogen-bond donors (Lipinski definition) is 1. The number of hydrogen-bond acceptors (Lipinski definition) is 4. The molecule has 6 heteroatoms. The highest BCUT2D eigenvalue weighted by Crippen LogP contribution is 2.35. The van der Waals surface area contributed by atoms with Crippen molar-refractivity contribution in [2.75, 3.05) is 18.9 Å². The fourth-order valence-electron chi connectivity index (χ4n) is 2.02. The molecule has 4 nitrogen and oxygen atoms in total. The fraction of sp³-hybridized carbons (Fsp3) is 0.200. The second kappa shape index (κ2) is 5.69. The van der Waals surface area contributed by atoms with Gasteiger partial charge in [0.15, 0.2) is 23.1 Å². The SMILES string of the molecule is Nc1cc2c(cc1COc1cccc(Cl)c1F)OCCO2. The monoisotopic (exact) mass is 309 g/mol. The minimum absolute atomic E-state index is 0.0163. The average Bonchev–Trinajstić information content (AvgIpc) is 2.49. The third kappa shape index (κ3) is 2.83. The van der Waals surface area contributed by atoms with Crippen LogP contribution in [0.3, 0.4) is 0 Å². The summed E-state index contributed by atoms with van der Waals surface area (Å²) in [6, 6.07) is 8.01. The van der Waals surface area contributed by atoms with E-state index in [9.17, 15) is 4.39 Å². The number of benzene rings is 2. The Morgan fingerprint density at radius 2 is 1.90 bits per heavy atom. The first-order valence-electron chi connectivity index (χ1n) is 6.40. The van der Waals surface area contributed by atoms with E-state index in [0.717, 1.165) is 0 Å². The van der Waals surface area contributed by atoms with Crippen molar-refractivity contribution in [3.8, 4) is 17.2 Å². The molecule has 0 radical (unpaired) electrons. The normalized spacial score (nSPS) is 13.0. The summed E-state index contributed by atoms with van der Waals surface area (Å²) in [6.45, 7) is 1.09. The van der Waals surface area contributed by atoms with Crippen molar-refractivity contribution in [1.29, 1.82) is 0 Å². The van der Waals surface area contributed by atoms with Crippen molar-refractivity contribution in [3.05, 3.63) is 46.7 Å². The maximum Gasteiger partial charge on any atom is 0.183 e. The molecule has 0 spiro atoms. The van der Waals surface area contributed by atoms with Gasteiger partial charge in [0.1, 0.15) is 19.8 Å². The van der Waals surface area contributed by atoms with Crippen LogP contribution in [0.2, 0.25) is 5.02 Å². The number of rotatable bonds is 3.